The topological polar surface area (TPSA) is 61.9 Å². The molecule has 1 saturated carbocycles. The van der Waals surface area contributed by atoms with Crippen LogP contribution in [0.1, 0.15) is 56.4 Å². The van der Waals surface area contributed by atoms with Gasteiger partial charge in [-0.05, 0) is 37.3 Å². The maximum Gasteiger partial charge on any atom is 0.319 e. The van der Waals surface area contributed by atoms with Crippen LogP contribution in [0.5, 0.6) is 5.75 Å². The standard InChI is InChI=1S/C22H31N3O3/c1-24(2)21(27)25-12-10-22(11-13-25)15-16(14-20(26)23-17-6-5-7-17)18-8-3-4-9-19(18)28-22/h3-4,8-9,16-17H,5-7,10-15H2,1-2H3,(H,23,26). The Labute approximate surface area is 167 Å². The molecule has 1 aromatic rings. The molecule has 0 aromatic heterocycles. The Morgan fingerprint density at radius 3 is 2.57 bits per heavy atom. The number of nitrogens with zero attached hydrogens (tertiary/aromatic N) is 2. The summed E-state index contributed by atoms with van der Waals surface area (Å²) in [5.41, 5.74) is 0.863. The van der Waals surface area contributed by atoms with E-state index in [-0.39, 0.29) is 23.5 Å². The van der Waals surface area contributed by atoms with Crippen molar-refractivity contribution in [3.8, 4) is 5.75 Å². The average molecular weight is 386 g/mol. The van der Waals surface area contributed by atoms with E-state index < -0.39 is 0 Å². The van der Waals surface area contributed by atoms with Crippen molar-refractivity contribution in [1.82, 2.24) is 15.1 Å². The molecule has 1 aromatic carbocycles. The summed E-state index contributed by atoms with van der Waals surface area (Å²) in [6.45, 7) is 1.39. The second-order valence-corrected chi connectivity index (χ2v) is 8.79. The number of para-hydroxylation sites is 1. The van der Waals surface area contributed by atoms with Crippen molar-refractivity contribution in [3.63, 3.8) is 0 Å². The fourth-order valence-corrected chi connectivity index (χ4v) is 4.68. The molecule has 1 atom stereocenters. The summed E-state index contributed by atoms with van der Waals surface area (Å²) in [6.07, 6.45) is 6.40. The third-order valence-electron chi connectivity index (χ3n) is 6.53. The second-order valence-electron chi connectivity index (χ2n) is 8.79. The SMILES string of the molecule is CN(C)C(=O)N1CCC2(CC1)CC(CC(=O)NC1CCC1)c1ccccc1O2. The molecule has 0 bridgehead atoms. The number of piperidine rings is 1. The van der Waals surface area contributed by atoms with Crippen molar-refractivity contribution < 1.29 is 14.3 Å². The Hall–Kier alpha value is -2.24. The Kier molecular flexibility index (Phi) is 5.21. The maximum atomic E-state index is 12.6. The van der Waals surface area contributed by atoms with E-state index in [0.717, 1.165) is 43.4 Å². The van der Waals surface area contributed by atoms with Crippen molar-refractivity contribution >= 4 is 11.9 Å². The molecule has 2 heterocycles. The fourth-order valence-electron chi connectivity index (χ4n) is 4.68. The highest BCUT2D eigenvalue weighted by Gasteiger charge is 2.44. The van der Waals surface area contributed by atoms with Gasteiger partial charge in [0.1, 0.15) is 11.4 Å². The van der Waals surface area contributed by atoms with E-state index in [1.165, 1.54) is 6.42 Å². The highest BCUT2D eigenvalue weighted by molar-refractivity contribution is 5.77. The summed E-state index contributed by atoms with van der Waals surface area (Å²) in [5, 5.41) is 3.18. The molecule has 4 rings (SSSR count). The molecule has 1 saturated heterocycles. The second kappa shape index (κ2) is 7.64. The largest absolute Gasteiger partial charge is 0.487 e. The zero-order valence-electron chi connectivity index (χ0n) is 16.9. The fraction of sp³-hybridized carbons (Fsp3) is 0.636. The first-order valence-corrected chi connectivity index (χ1v) is 10.5. The smallest absolute Gasteiger partial charge is 0.319 e. The van der Waals surface area contributed by atoms with Crippen molar-refractivity contribution in [2.24, 2.45) is 0 Å². The third kappa shape index (κ3) is 3.82. The molecule has 6 nitrogen and oxygen atoms in total. The van der Waals surface area contributed by atoms with E-state index in [2.05, 4.69) is 11.4 Å². The molecule has 2 fully saturated rings. The number of amides is 3. The molecule has 3 aliphatic rings. The molecule has 28 heavy (non-hydrogen) atoms. The number of nitrogens with one attached hydrogen (secondary N) is 1. The third-order valence-corrected chi connectivity index (χ3v) is 6.53. The number of rotatable bonds is 3. The van der Waals surface area contributed by atoms with Gasteiger partial charge < -0.3 is 19.9 Å². The number of carbonyl (C=O) groups excluding carboxylic acids is 2. The first-order valence-electron chi connectivity index (χ1n) is 10.5. The number of benzene rings is 1. The van der Waals surface area contributed by atoms with E-state index in [1.807, 2.05) is 23.1 Å². The summed E-state index contributed by atoms with van der Waals surface area (Å²) in [5.74, 6) is 1.23. The highest BCUT2D eigenvalue weighted by atomic mass is 16.5. The summed E-state index contributed by atoms with van der Waals surface area (Å²) in [6, 6.07) is 8.56. The Balaban J connectivity index is 1.47. The number of ether oxygens (including phenoxy) is 1. The summed E-state index contributed by atoms with van der Waals surface area (Å²) >= 11 is 0. The number of likely N-dealkylation sites (tertiary alicyclic amines) is 1. The summed E-state index contributed by atoms with van der Waals surface area (Å²) in [4.78, 5) is 28.4. The maximum absolute atomic E-state index is 12.6. The lowest BCUT2D eigenvalue weighted by Crippen LogP contribution is -2.53. The van der Waals surface area contributed by atoms with E-state index >= 15 is 0 Å². The zero-order valence-corrected chi connectivity index (χ0v) is 16.9. The lowest BCUT2D eigenvalue weighted by Gasteiger charge is -2.47. The van der Waals surface area contributed by atoms with Crippen LogP contribution in [-0.4, -0.2) is 60.6 Å². The molecular formula is C22H31N3O3. The van der Waals surface area contributed by atoms with Gasteiger partial charge in [-0.15, -0.1) is 0 Å². The molecule has 1 unspecified atom stereocenters. The predicted molar refractivity (Wildman–Crippen MR) is 107 cm³/mol. The molecular weight excluding hydrogens is 354 g/mol. The van der Waals surface area contributed by atoms with Crippen LogP contribution in [-0.2, 0) is 4.79 Å². The Morgan fingerprint density at radius 2 is 1.93 bits per heavy atom. The van der Waals surface area contributed by atoms with Crippen LogP contribution in [0.4, 0.5) is 4.79 Å². The lowest BCUT2D eigenvalue weighted by molar-refractivity contribution is -0.123. The van der Waals surface area contributed by atoms with Crippen LogP contribution >= 0.6 is 0 Å². The van der Waals surface area contributed by atoms with Crippen molar-refractivity contribution in [3.05, 3.63) is 29.8 Å². The first kappa shape index (κ1) is 19.1. The monoisotopic (exact) mass is 385 g/mol. The van der Waals surface area contributed by atoms with Gasteiger partial charge in [0, 0.05) is 58.4 Å². The minimum Gasteiger partial charge on any atom is -0.487 e. The predicted octanol–water partition coefficient (Wildman–Crippen LogP) is 3.13. The molecule has 152 valence electrons. The van der Waals surface area contributed by atoms with Crippen molar-refractivity contribution in [1.29, 1.82) is 0 Å². The van der Waals surface area contributed by atoms with Gasteiger partial charge >= 0.3 is 6.03 Å². The minimum absolute atomic E-state index is 0.0579. The van der Waals surface area contributed by atoms with Gasteiger partial charge in [0.25, 0.3) is 0 Å². The van der Waals surface area contributed by atoms with Crippen molar-refractivity contribution in [2.75, 3.05) is 27.2 Å². The molecule has 6 heteroatoms. The van der Waals surface area contributed by atoms with E-state index in [1.54, 1.807) is 19.0 Å². The van der Waals surface area contributed by atoms with Gasteiger partial charge in [0.15, 0.2) is 0 Å². The number of hydrogen-bond donors (Lipinski definition) is 1. The highest BCUT2D eigenvalue weighted by Crippen LogP contribution is 2.46. The average Bonchev–Trinajstić information content (AvgIpc) is 2.65. The molecule has 1 N–H and O–H groups in total. The van der Waals surface area contributed by atoms with E-state index in [9.17, 15) is 9.59 Å². The molecule has 2 aliphatic heterocycles. The van der Waals surface area contributed by atoms with Crippen molar-refractivity contribution in [2.45, 2.75) is 62.5 Å². The Bertz CT molecular complexity index is 736. The van der Waals surface area contributed by atoms with E-state index in [0.29, 0.717) is 25.6 Å². The van der Waals surface area contributed by atoms with E-state index in [4.69, 9.17) is 4.74 Å². The summed E-state index contributed by atoms with van der Waals surface area (Å²) < 4.78 is 6.49. The van der Waals surface area contributed by atoms with Gasteiger partial charge in [-0.3, -0.25) is 4.79 Å². The summed E-state index contributed by atoms with van der Waals surface area (Å²) in [7, 11) is 3.58. The number of fused-ring (bicyclic) bond motifs is 1. The van der Waals surface area contributed by atoms with Gasteiger partial charge in [-0.25, -0.2) is 4.79 Å². The molecule has 0 radical (unpaired) electrons. The van der Waals surface area contributed by atoms with Crippen LogP contribution in [0.15, 0.2) is 24.3 Å². The van der Waals surface area contributed by atoms with Gasteiger partial charge in [0.05, 0.1) is 0 Å². The quantitative estimate of drug-likeness (QED) is 0.870. The van der Waals surface area contributed by atoms with Crippen LogP contribution in [0.2, 0.25) is 0 Å². The van der Waals surface area contributed by atoms with Gasteiger partial charge in [-0.2, -0.15) is 0 Å². The van der Waals surface area contributed by atoms with Crippen LogP contribution < -0.4 is 10.1 Å². The number of carbonyl (C=O) groups is 2. The number of urea groups is 1. The van der Waals surface area contributed by atoms with Crippen LogP contribution in [0.3, 0.4) is 0 Å². The van der Waals surface area contributed by atoms with Crippen LogP contribution in [0.25, 0.3) is 0 Å². The molecule has 3 amide bonds. The number of hydrogen-bond acceptors (Lipinski definition) is 3. The zero-order chi connectivity index (χ0) is 19.7. The first-order chi connectivity index (χ1) is 13.5. The lowest BCUT2D eigenvalue weighted by atomic mass is 9.76. The minimum atomic E-state index is -0.279. The van der Waals surface area contributed by atoms with Gasteiger partial charge in [0.2, 0.25) is 5.91 Å². The molecule has 1 spiro atoms. The van der Waals surface area contributed by atoms with Gasteiger partial charge in [-0.1, -0.05) is 18.2 Å². The Morgan fingerprint density at radius 1 is 1.21 bits per heavy atom. The van der Waals surface area contributed by atoms with Crippen LogP contribution in [0, 0.1) is 0 Å². The normalized spacial score (nSPS) is 23.4. The molecule has 1 aliphatic carbocycles.